The quantitative estimate of drug-likeness (QED) is 0.833. The second-order valence-electron chi connectivity index (χ2n) is 4.50. The van der Waals surface area contributed by atoms with Crippen molar-refractivity contribution in [2.45, 2.75) is 45.3 Å². The van der Waals surface area contributed by atoms with Crippen LogP contribution in [0.2, 0.25) is 0 Å². The smallest absolute Gasteiger partial charge is 0.222 e. The summed E-state index contributed by atoms with van der Waals surface area (Å²) in [5, 5.41) is 8.09. The maximum atomic E-state index is 5.76. The molecular formula is C11H19N3O2. The summed E-state index contributed by atoms with van der Waals surface area (Å²) in [6, 6.07) is 0. The molecule has 1 aliphatic rings. The molecule has 0 bridgehead atoms. The van der Waals surface area contributed by atoms with Gasteiger partial charge in [0.05, 0.1) is 18.1 Å². The van der Waals surface area contributed by atoms with Crippen LogP contribution in [0.1, 0.15) is 38.5 Å². The van der Waals surface area contributed by atoms with Crippen molar-refractivity contribution in [1.29, 1.82) is 0 Å². The monoisotopic (exact) mass is 225 g/mol. The van der Waals surface area contributed by atoms with Gasteiger partial charge in [-0.15, -0.1) is 10.2 Å². The zero-order valence-corrected chi connectivity index (χ0v) is 10.0. The number of ether oxygens (including phenoxy) is 1. The van der Waals surface area contributed by atoms with Gasteiger partial charge in [0.1, 0.15) is 0 Å². The third-order valence-electron chi connectivity index (χ3n) is 3.37. The number of aromatic nitrogens is 2. The highest BCUT2D eigenvalue weighted by molar-refractivity contribution is 5.02. The lowest BCUT2D eigenvalue weighted by Crippen LogP contribution is -2.15. The van der Waals surface area contributed by atoms with Crippen molar-refractivity contribution in [3.63, 3.8) is 0 Å². The molecule has 0 radical (unpaired) electrons. The molecule has 90 valence electrons. The second kappa shape index (κ2) is 4.51. The van der Waals surface area contributed by atoms with Crippen molar-refractivity contribution in [2.75, 3.05) is 6.54 Å². The van der Waals surface area contributed by atoms with E-state index in [1.165, 1.54) is 0 Å². The minimum atomic E-state index is 0.135. The Morgan fingerprint density at radius 3 is 2.50 bits per heavy atom. The number of hydrogen-bond donors (Lipinski definition) is 1. The van der Waals surface area contributed by atoms with E-state index in [0.717, 1.165) is 0 Å². The van der Waals surface area contributed by atoms with Crippen molar-refractivity contribution in [1.82, 2.24) is 10.2 Å². The van der Waals surface area contributed by atoms with Gasteiger partial charge in [0.2, 0.25) is 11.8 Å². The Morgan fingerprint density at radius 2 is 1.94 bits per heavy atom. The summed E-state index contributed by atoms with van der Waals surface area (Å²) in [6.45, 7) is 6.83. The minimum absolute atomic E-state index is 0.135. The average Bonchev–Trinajstić information content (AvgIpc) is 2.75. The summed E-state index contributed by atoms with van der Waals surface area (Å²) < 4.78 is 11.4. The molecule has 2 heterocycles. The molecule has 2 N–H and O–H groups in total. The van der Waals surface area contributed by atoms with Crippen molar-refractivity contribution in [2.24, 2.45) is 11.7 Å². The Labute approximate surface area is 95.4 Å². The molecule has 1 aromatic heterocycles. The van der Waals surface area contributed by atoms with Crippen LogP contribution >= 0.6 is 0 Å². The van der Waals surface area contributed by atoms with Crippen molar-refractivity contribution < 1.29 is 9.15 Å². The first-order valence-corrected chi connectivity index (χ1v) is 5.81. The minimum Gasteiger partial charge on any atom is -0.425 e. The fourth-order valence-electron chi connectivity index (χ4n) is 2.32. The summed E-state index contributed by atoms with van der Waals surface area (Å²) in [4.78, 5) is 0. The summed E-state index contributed by atoms with van der Waals surface area (Å²) in [6.07, 6.45) is 1.01. The van der Waals surface area contributed by atoms with Gasteiger partial charge >= 0.3 is 0 Å². The zero-order valence-electron chi connectivity index (χ0n) is 10.0. The van der Waals surface area contributed by atoms with Crippen LogP contribution in [-0.2, 0) is 11.2 Å². The number of nitrogens with zero attached hydrogens (tertiary/aromatic N) is 2. The predicted octanol–water partition coefficient (Wildman–Crippen LogP) is 1.10. The Morgan fingerprint density at radius 1 is 1.19 bits per heavy atom. The van der Waals surface area contributed by atoms with E-state index >= 15 is 0 Å². The fraction of sp³-hybridized carbons (Fsp3) is 0.818. The summed E-state index contributed by atoms with van der Waals surface area (Å²) in [7, 11) is 0. The van der Waals surface area contributed by atoms with E-state index in [4.69, 9.17) is 14.9 Å². The van der Waals surface area contributed by atoms with Crippen LogP contribution in [0.4, 0.5) is 0 Å². The maximum Gasteiger partial charge on any atom is 0.222 e. The molecular weight excluding hydrogens is 206 g/mol. The molecule has 5 nitrogen and oxygen atoms in total. The lowest BCUT2D eigenvalue weighted by molar-refractivity contribution is 0.0544. The van der Waals surface area contributed by atoms with Crippen LogP contribution in [0.3, 0.4) is 0 Å². The summed E-state index contributed by atoms with van der Waals surface area (Å²) >= 11 is 0. The summed E-state index contributed by atoms with van der Waals surface area (Å²) in [5.41, 5.74) is 5.45. The highest BCUT2D eigenvalue weighted by Gasteiger charge is 2.41. The molecule has 0 aliphatic carbocycles. The van der Waals surface area contributed by atoms with Crippen LogP contribution in [0, 0.1) is 5.92 Å². The van der Waals surface area contributed by atoms with Crippen LogP contribution in [0.15, 0.2) is 4.42 Å². The predicted molar refractivity (Wildman–Crippen MR) is 59.0 cm³/mol. The van der Waals surface area contributed by atoms with Gasteiger partial charge in [-0.05, 0) is 19.8 Å². The maximum absolute atomic E-state index is 5.76. The highest BCUT2D eigenvalue weighted by Crippen LogP contribution is 2.38. The third kappa shape index (κ3) is 1.97. The Hall–Kier alpha value is -0.940. The van der Waals surface area contributed by atoms with Gasteiger partial charge < -0.3 is 14.9 Å². The average molecular weight is 225 g/mol. The molecule has 4 atom stereocenters. The largest absolute Gasteiger partial charge is 0.425 e. The van der Waals surface area contributed by atoms with Gasteiger partial charge in [-0.3, -0.25) is 0 Å². The van der Waals surface area contributed by atoms with Crippen molar-refractivity contribution in [3.8, 4) is 0 Å². The van der Waals surface area contributed by atoms with Crippen LogP contribution in [0.25, 0.3) is 0 Å². The SMILES string of the molecule is CC1OC(C)C(c2nnc(CCN)o2)C1C. The van der Waals surface area contributed by atoms with Gasteiger partial charge in [0.25, 0.3) is 0 Å². The molecule has 0 amide bonds. The number of hydrogen-bond acceptors (Lipinski definition) is 5. The Balaban J connectivity index is 2.16. The van der Waals surface area contributed by atoms with Gasteiger partial charge in [-0.25, -0.2) is 0 Å². The second-order valence-corrected chi connectivity index (χ2v) is 4.50. The molecule has 5 heteroatoms. The van der Waals surface area contributed by atoms with E-state index in [0.29, 0.717) is 30.7 Å². The Kier molecular flexibility index (Phi) is 3.25. The van der Waals surface area contributed by atoms with E-state index in [1.807, 2.05) is 0 Å². The van der Waals surface area contributed by atoms with E-state index in [1.54, 1.807) is 0 Å². The fourth-order valence-corrected chi connectivity index (χ4v) is 2.32. The number of rotatable bonds is 3. The first kappa shape index (κ1) is 11.5. The normalized spacial score (nSPS) is 34.5. The summed E-state index contributed by atoms with van der Waals surface area (Å²) in [5.74, 6) is 1.92. The molecule has 1 saturated heterocycles. The Bertz CT molecular complexity index is 353. The van der Waals surface area contributed by atoms with Crippen LogP contribution in [0.5, 0.6) is 0 Å². The number of nitrogens with two attached hydrogens (primary N) is 1. The van der Waals surface area contributed by atoms with Crippen molar-refractivity contribution >= 4 is 0 Å². The first-order chi connectivity index (χ1) is 7.63. The van der Waals surface area contributed by atoms with E-state index in [-0.39, 0.29) is 18.1 Å². The van der Waals surface area contributed by atoms with E-state index < -0.39 is 0 Å². The molecule has 4 unspecified atom stereocenters. The van der Waals surface area contributed by atoms with Crippen molar-refractivity contribution in [3.05, 3.63) is 11.8 Å². The lowest BCUT2D eigenvalue weighted by atomic mass is 9.89. The van der Waals surface area contributed by atoms with Crippen LogP contribution in [-0.4, -0.2) is 29.0 Å². The molecule has 16 heavy (non-hydrogen) atoms. The molecule has 1 aliphatic heterocycles. The highest BCUT2D eigenvalue weighted by atomic mass is 16.5. The molecule has 2 rings (SSSR count). The molecule has 0 saturated carbocycles. The third-order valence-corrected chi connectivity index (χ3v) is 3.37. The van der Waals surface area contributed by atoms with E-state index in [2.05, 4.69) is 31.0 Å². The molecule has 0 spiro atoms. The zero-order chi connectivity index (χ0) is 11.7. The van der Waals surface area contributed by atoms with Crippen LogP contribution < -0.4 is 5.73 Å². The first-order valence-electron chi connectivity index (χ1n) is 5.81. The van der Waals surface area contributed by atoms with E-state index in [9.17, 15) is 0 Å². The standard InChI is InChI=1S/C11H19N3O2/c1-6-7(2)15-8(3)10(6)11-14-13-9(16-11)4-5-12/h6-8,10H,4-5,12H2,1-3H3. The molecule has 0 aromatic carbocycles. The van der Waals surface area contributed by atoms with Gasteiger partial charge in [-0.1, -0.05) is 6.92 Å². The molecule has 1 aromatic rings. The topological polar surface area (TPSA) is 74.2 Å². The van der Waals surface area contributed by atoms with Gasteiger partial charge in [-0.2, -0.15) is 0 Å². The lowest BCUT2D eigenvalue weighted by Gasteiger charge is -2.13. The molecule has 1 fully saturated rings. The van der Waals surface area contributed by atoms with Gasteiger partial charge in [0.15, 0.2) is 0 Å². The van der Waals surface area contributed by atoms with Gasteiger partial charge in [0, 0.05) is 13.0 Å².